The lowest BCUT2D eigenvalue weighted by Gasteiger charge is -2.47. The van der Waals surface area contributed by atoms with Crippen LogP contribution in [0, 0.1) is 0 Å². The van der Waals surface area contributed by atoms with Crippen LogP contribution in [0.1, 0.15) is 59.8 Å². The second kappa shape index (κ2) is 8.48. The number of hydrogen-bond donors (Lipinski definition) is 2. The van der Waals surface area contributed by atoms with Gasteiger partial charge in [-0.05, 0) is 37.8 Å². The van der Waals surface area contributed by atoms with Gasteiger partial charge < -0.3 is 4.65 Å². The number of carbonyl (C=O) groups excluding carboxylic acids is 2. The van der Waals surface area contributed by atoms with Crippen molar-refractivity contribution in [3.63, 3.8) is 0 Å². The summed E-state index contributed by atoms with van der Waals surface area (Å²) in [4.78, 5) is 23.1. The van der Waals surface area contributed by atoms with Crippen molar-refractivity contribution < 1.29 is 14.2 Å². The van der Waals surface area contributed by atoms with E-state index in [4.69, 9.17) is 17.3 Å². The number of benzene rings is 1. The van der Waals surface area contributed by atoms with Crippen molar-refractivity contribution in [2.24, 2.45) is 0 Å². The van der Waals surface area contributed by atoms with Crippen LogP contribution in [0.2, 0.25) is 0 Å². The van der Waals surface area contributed by atoms with E-state index in [0.717, 1.165) is 31.1 Å². The Hall–Kier alpha value is -1.47. The van der Waals surface area contributed by atoms with E-state index in [-0.39, 0.29) is 28.6 Å². The molecule has 1 aromatic rings. The topological polar surface area (TPSA) is 58.6 Å². The van der Waals surface area contributed by atoms with Crippen molar-refractivity contribution in [2.45, 2.75) is 70.1 Å². The number of hydrogen-bond acceptors (Lipinski definition) is 4. The van der Waals surface area contributed by atoms with Crippen molar-refractivity contribution in [3.8, 4) is 0 Å². The van der Waals surface area contributed by atoms with Crippen LogP contribution in [0.4, 0.5) is 5.69 Å². The van der Waals surface area contributed by atoms with Gasteiger partial charge in [0, 0.05) is 4.75 Å². The van der Waals surface area contributed by atoms with Crippen molar-refractivity contribution >= 4 is 43.1 Å². The molecule has 1 saturated heterocycles. The third-order valence-corrected chi connectivity index (χ3v) is 6.57. The highest BCUT2D eigenvalue weighted by Gasteiger charge is 2.44. The van der Waals surface area contributed by atoms with E-state index >= 15 is 0 Å². The molecule has 1 aliphatic rings. The van der Waals surface area contributed by atoms with Gasteiger partial charge in [-0.2, -0.15) is 12.6 Å². The van der Waals surface area contributed by atoms with Crippen LogP contribution < -0.4 is 15.9 Å². The predicted octanol–water partition coefficient (Wildman–Crippen LogP) is 2.76. The molecule has 141 valence electrons. The van der Waals surface area contributed by atoms with Crippen molar-refractivity contribution in [3.05, 3.63) is 24.3 Å². The Morgan fingerprint density at radius 3 is 2.08 bits per heavy atom. The molecule has 0 unspecified atom stereocenters. The monoisotopic (exact) mass is 375 g/mol. The molecule has 1 heterocycles. The van der Waals surface area contributed by atoms with E-state index in [2.05, 4.69) is 33.1 Å². The van der Waals surface area contributed by atoms with Crippen molar-refractivity contribution in [2.75, 3.05) is 5.01 Å². The molecule has 1 fully saturated rings. The van der Waals surface area contributed by atoms with Gasteiger partial charge in [-0.3, -0.25) is 15.0 Å². The largest absolute Gasteiger partial charge is 0.428 e. The quantitative estimate of drug-likeness (QED) is 0.396. The van der Waals surface area contributed by atoms with E-state index in [0.29, 0.717) is 5.69 Å². The molecular weight excluding hydrogens is 347 g/mol. The number of carbonyl (C=O) groups is 2. The van der Waals surface area contributed by atoms with E-state index < -0.39 is 0 Å². The maximum absolute atomic E-state index is 11.8. The van der Waals surface area contributed by atoms with Gasteiger partial charge in [0.1, 0.15) is 6.42 Å². The molecule has 2 rings (SSSR count). The molecule has 0 aliphatic carbocycles. The number of nitrogens with one attached hydrogen (secondary N) is 1. The Morgan fingerprint density at radius 2 is 1.65 bits per heavy atom. The molecule has 0 atom stereocenters. The van der Waals surface area contributed by atoms with Crippen LogP contribution in [0.25, 0.3) is 0 Å². The lowest BCUT2D eigenvalue weighted by Crippen LogP contribution is -2.52. The summed E-state index contributed by atoms with van der Waals surface area (Å²) >= 11 is 4.97. The first-order valence-electron chi connectivity index (χ1n) is 9.30. The summed E-state index contributed by atoms with van der Waals surface area (Å²) in [6.07, 6.45) is 3.50. The Bertz CT molecular complexity index is 643. The Labute approximate surface area is 162 Å². The number of amides is 2. The summed E-state index contributed by atoms with van der Waals surface area (Å²) in [6, 6.07) is 7.35. The van der Waals surface area contributed by atoms with Crippen LogP contribution in [0.15, 0.2) is 24.3 Å². The summed E-state index contributed by atoms with van der Waals surface area (Å²) in [5.74, 6) is -0.529. The van der Waals surface area contributed by atoms with Gasteiger partial charge in [0.2, 0.25) is 5.91 Å². The highest BCUT2D eigenvalue weighted by molar-refractivity contribution is 7.82. The van der Waals surface area contributed by atoms with Gasteiger partial charge in [0.25, 0.3) is 5.91 Å². The first-order chi connectivity index (χ1) is 12.3. The van der Waals surface area contributed by atoms with Gasteiger partial charge in [-0.25, -0.2) is 5.01 Å². The third-order valence-electron chi connectivity index (χ3n) is 5.53. The maximum Gasteiger partial charge on any atom is 0.330 e. The molecule has 1 aromatic carbocycles. The molecule has 2 amide bonds. The molecule has 1 aliphatic heterocycles. The average molecular weight is 375 g/mol. The molecular formula is C19H28BN2O3S. The van der Waals surface area contributed by atoms with Crippen LogP contribution in [-0.2, 0) is 14.2 Å². The van der Waals surface area contributed by atoms with Crippen LogP contribution in [-0.4, -0.2) is 29.6 Å². The summed E-state index contributed by atoms with van der Waals surface area (Å²) < 4.78 is 6.12. The highest BCUT2D eigenvalue weighted by Crippen LogP contribution is 2.42. The zero-order valence-corrected chi connectivity index (χ0v) is 16.9. The zero-order chi connectivity index (χ0) is 19.4. The third kappa shape index (κ3) is 3.93. The number of anilines is 1. The SMILES string of the molecule is CCC(S)(CC)C(CC)(CC)O[B]c1ccc(N2NC(=O)CC2=O)cc1. The fourth-order valence-electron chi connectivity index (χ4n) is 3.61. The number of nitrogens with zero attached hydrogens (tertiary/aromatic N) is 1. The molecule has 1 N–H and O–H groups in total. The van der Waals surface area contributed by atoms with E-state index in [1.54, 1.807) is 19.6 Å². The van der Waals surface area contributed by atoms with E-state index in [9.17, 15) is 9.59 Å². The molecule has 0 spiro atoms. The van der Waals surface area contributed by atoms with Gasteiger partial charge in [0.05, 0.1) is 11.3 Å². The Morgan fingerprint density at radius 1 is 1.08 bits per heavy atom. The first-order valence-corrected chi connectivity index (χ1v) is 9.75. The van der Waals surface area contributed by atoms with Gasteiger partial charge in [-0.15, -0.1) is 0 Å². The number of rotatable bonds is 9. The predicted molar refractivity (Wildman–Crippen MR) is 109 cm³/mol. The standard InChI is InChI=1S/C19H28BN2O3S/c1-5-18(6-2,19(26,7-3)8-4)25-20-14-9-11-15(12-10-14)22-17(24)13-16(23)21-22/h9-12,26H,5-8,13H2,1-4H3,(H,21,23). The fourth-order valence-corrected chi connectivity index (χ4v) is 3.98. The maximum atomic E-state index is 11.8. The van der Waals surface area contributed by atoms with Crippen LogP contribution in [0.3, 0.4) is 0 Å². The van der Waals surface area contributed by atoms with E-state index in [1.165, 1.54) is 5.01 Å². The molecule has 0 bridgehead atoms. The van der Waals surface area contributed by atoms with E-state index in [1.807, 2.05) is 12.1 Å². The van der Waals surface area contributed by atoms with Crippen LogP contribution >= 0.6 is 12.6 Å². The lowest BCUT2D eigenvalue weighted by molar-refractivity contribution is -0.122. The summed E-state index contributed by atoms with van der Waals surface area (Å²) in [5.41, 5.74) is 3.75. The second-order valence-electron chi connectivity index (χ2n) is 6.71. The normalized spacial score (nSPS) is 15.3. The smallest absolute Gasteiger partial charge is 0.330 e. The zero-order valence-electron chi connectivity index (χ0n) is 16.0. The van der Waals surface area contributed by atoms with Gasteiger partial charge in [-0.1, -0.05) is 45.3 Å². The van der Waals surface area contributed by atoms with Crippen molar-refractivity contribution in [1.82, 2.24) is 5.43 Å². The van der Waals surface area contributed by atoms with Gasteiger partial charge >= 0.3 is 7.48 Å². The molecule has 5 nitrogen and oxygen atoms in total. The first kappa shape index (κ1) is 20.8. The summed E-state index contributed by atoms with van der Waals surface area (Å²) in [7, 11) is 1.78. The lowest BCUT2D eigenvalue weighted by atomic mass is 9.75. The second-order valence-corrected chi connectivity index (χ2v) is 7.56. The Balaban J connectivity index is 2.10. The van der Waals surface area contributed by atoms with Gasteiger partial charge in [0.15, 0.2) is 0 Å². The molecule has 0 aromatic heterocycles. The number of thiol groups is 1. The molecule has 1 radical (unpaired) electrons. The fraction of sp³-hybridized carbons (Fsp3) is 0.579. The summed E-state index contributed by atoms with van der Waals surface area (Å²) in [6.45, 7) is 8.57. The minimum atomic E-state index is -0.336. The molecule has 0 saturated carbocycles. The van der Waals surface area contributed by atoms with Crippen LogP contribution in [0.5, 0.6) is 0 Å². The highest BCUT2D eigenvalue weighted by atomic mass is 32.1. The minimum absolute atomic E-state index is 0.107. The molecule has 26 heavy (non-hydrogen) atoms. The Kier molecular flexibility index (Phi) is 6.80. The minimum Gasteiger partial charge on any atom is -0.428 e. The summed E-state index contributed by atoms with van der Waals surface area (Å²) in [5, 5.41) is 1.28. The average Bonchev–Trinajstić information content (AvgIpc) is 3.01. The number of hydrazine groups is 1. The molecule has 7 heteroatoms. The van der Waals surface area contributed by atoms with Crippen molar-refractivity contribution in [1.29, 1.82) is 0 Å².